The third kappa shape index (κ3) is 6.79. The van der Waals surface area contributed by atoms with E-state index in [0.29, 0.717) is 24.3 Å². The monoisotopic (exact) mass is 514 g/mol. The number of halogens is 1. The van der Waals surface area contributed by atoms with Gasteiger partial charge in [-0.1, -0.05) is 102 Å². The Balaban J connectivity index is 1.84. The number of benzene rings is 1. The molecule has 1 aromatic carbocycles. The predicted octanol–water partition coefficient (Wildman–Crippen LogP) is 8.55. The first-order valence-corrected chi connectivity index (χ1v) is 13.8. The minimum atomic E-state index is -0.957. The molecule has 0 aliphatic heterocycles. The largest absolute Gasteiger partial charge is 0.348 e. The van der Waals surface area contributed by atoms with Gasteiger partial charge in [0.2, 0.25) is 5.91 Å². The van der Waals surface area contributed by atoms with Crippen molar-refractivity contribution in [2.75, 3.05) is 6.67 Å². The molecule has 4 heteroatoms. The van der Waals surface area contributed by atoms with Gasteiger partial charge in [0.1, 0.15) is 6.67 Å². The van der Waals surface area contributed by atoms with Crippen molar-refractivity contribution in [2.45, 2.75) is 71.3 Å². The van der Waals surface area contributed by atoms with E-state index in [1.165, 1.54) is 32.1 Å². The molecule has 0 radical (unpaired) electrons. The number of alkyl halides is 1. The number of aromatic nitrogens is 1. The molecule has 1 amide bonds. The molecule has 0 bridgehead atoms. The molecule has 0 spiro atoms. The predicted molar refractivity (Wildman–Crippen MR) is 158 cm³/mol. The zero-order chi connectivity index (χ0) is 27.7. The van der Waals surface area contributed by atoms with E-state index in [2.05, 4.69) is 42.3 Å². The maximum absolute atomic E-state index is 14.0. The van der Waals surface area contributed by atoms with Crippen molar-refractivity contribution in [3.05, 3.63) is 91.5 Å². The highest BCUT2D eigenvalue weighted by Crippen LogP contribution is 2.40. The second kappa shape index (κ2) is 13.5. The minimum absolute atomic E-state index is 0.0839. The van der Waals surface area contributed by atoms with Crippen molar-refractivity contribution in [1.29, 1.82) is 0 Å². The molecule has 0 saturated heterocycles. The number of rotatable bonds is 13. The Kier molecular flexibility index (Phi) is 10.4. The number of hydrogen-bond donors (Lipinski definition) is 1. The Hall–Kier alpha value is -3.23. The zero-order valence-electron chi connectivity index (χ0n) is 23.2. The number of amides is 1. The molecule has 1 N–H and O–H groups in total. The molecule has 202 valence electrons. The first kappa shape index (κ1) is 29.3. The van der Waals surface area contributed by atoms with E-state index in [1.54, 1.807) is 12.3 Å². The fourth-order valence-corrected chi connectivity index (χ4v) is 5.77. The summed E-state index contributed by atoms with van der Waals surface area (Å²) < 4.78 is 14.0. The van der Waals surface area contributed by atoms with Crippen molar-refractivity contribution in [2.24, 2.45) is 17.3 Å². The smallest absolute Gasteiger partial charge is 0.231 e. The Labute approximate surface area is 228 Å². The molecule has 1 saturated carbocycles. The maximum Gasteiger partial charge on any atom is 0.231 e. The molecule has 1 heterocycles. The highest BCUT2D eigenvalue weighted by molar-refractivity contribution is 5.93. The number of nitrogens with zero attached hydrogens (tertiary/aromatic N) is 1. The van der Waals surface area contributed by atoms with Crippen LogP contribution >= 0.6 is 0 Å². The lowest BCUT2D eigenvalue weighted by Gasteiger charge is -2.36. The lowest BCUT2D eigenvalue weighted by molar-refractivity contribution is -0.130. The van der Waals surface area contributed by atoms with E-state index in [4.69, 9.17) is 0 Å². The highest BCUT2D eigenvalue weighted by Gasteiger charge is 2.41. The highest BCUT2D eigenvalue weighted by atomic mass is 19.1. The Morgan fingerprint density at radius 1 is 1.21 bits per heavy atom. The van der Waals surface area contributed by atoms with Gasteiger partial charge in [-0.15, -0.1) is 12.3 Å². The number of pyridine rings is 1. The fraction of sp³-hybridized carbons (Fsp3) is 0.441. The van der Waals surface area contributed by atoms with Crippen LogP contribution in [0.15, 0.2) is 85.8 Å². The molecule has 3 rings (SSSR count). The van der Waals surface area contributed by atoms with Crippen LogP contribution in [0.5, 0.6) is 0 Å². The SMILES string of the molecule is C=C=C(CF)C(CC(=C)CC1CCCCC1)NC(=O)C(C=C)(CC(=C)c1nccc2ccccc12)C(C)C. The van der Waals surface area contributed by atoms with Gasteiger partial charge < -0.3 is 5.32 Å². The number of hydrogen-bond acceptors (Lipinski definition) is 2. The zero-order valence-corrected chi connectivity index (χ0v) is 23.2. The summed E-state index contributed by atoms with van der Waals surface area (Å²) in [6.07, 6.45) is 11.4. The van der Waals surface area contributed by atoms with Gasteiger partial charge in [0.05, 0.1) is 17.2 Å². The average Bonchev–Trinajstić information content (AvgIpc) is 2.92. The maximum atomic E-state index is 14.0. The topological polar surface area (TPSA) is 42.0 Å². The summed E-state index contributed by atoms with van der Waals surface area (Å²) in [7, 11) is 0. The molecular weight excluding hydrogens is 471 g/mol. The molecule has 1 aliphatic carbocycles. The summed E-state index contributed by atoms with van der Waals surface area (Å²) in [6.45, 7) is 19.7. The van der Waals surface area contributed by atoms with E-state index >= 15 is 0 Å². The minimum Gasteiger partial charge on any atom is -0.348 e. The van der Waals surface area contributed by atoms with Crippen molar-refractivity contribution >= 4 is 22.3 Å². The Bertz CT molecular complexity index is 1210. The molecule has 2 atom stereocenters. The standard InChI is InChI=1S/C34H43FN2O/c1-7-28(23-35)31(21-25(5)20-27-14-10-9-11-15-27)37-33(38)34(8-2,24(3)4)22-26(6)32-30-17-13-12-16-29(30)18-19-36-32/h8,12-13,16-19,24,27,31H,1-2,5-6,9-11,14-15,20-23H2,3-4H3,(H,37,38). The van der Waals surface area contributed by atoms with Gasteiger partial charge in [-0.05, 0) is 48.1 Å². The van der Waals surface area contributed by atoms with E-state index in [1.807, 2.05) is 44.2 Å². The number of allylic oxidation sites excluding steroid dienone is 1. The van der Waals surface area contributed by atoms with E-state index in [-0.39, 0.29) is 11.8 Å². The number of carbonyl (C=O) groups excluding carboxylic acids is 1. The van der Waals surface area contributed by atoms with Crippen LogP contribution in [-0.2, 0) is 4.79 Å². The van der Waals surface area contributed by atoms with Gasteiger partial charge in [-0.3, -0.25) is 9.78 Å². The number of nitrogens with one attached hydrogen (secondary N) is 1. The van der Waals surface area contributed by atoms with E-state index in [0.717, 1.165) is 34.0 Å². The summed E-state index contributed by atoms with van der Waals surface area (Å²) in [4.78, 5) is 18.6. The van der Waals surface area contributed by atoms with Crippen LogP contribution in [0.2, 0.25) is 0 Å². The third-order valence-electron chi connectivity index (χ3n) is 8.22. The Morgan fingerprint density at radius 3 is 2.55 bits per heavy atom. The van der Waals surface area contributed by atoms with Crippen molar-refractivity contribution < 1.29 is 9.18 Å². The summed E-state index contributed by atoms with van der Waals surface area (Å²) in [5.74, 6) is 0.327. The van der Waals surface area contributed by atoms with Crippen LogP contribution in [-0.4, -0.2) is 23.6 Å². The first-order valence-electron chi connectivity index (χ1n) is 13.8. The molecule has 38 heavy (non-hydrogen) atoms. The van der Waals surface area contributed by atoms with Crippen molar-refractivity contribution in [3.8, 4) is 0 Å². The van der Waals surface area contributed by atoms with Gasteiger partial charge in [-0.2, -0.15) is 0 Å². The van der Waals surface area contributed by atoms with E-state index < -0.39 is 18.1 Å². The van der Waals surface area contributed by atoms with Crippen LogP contribution in [0.3, 0.4) is 0 Å². The molecule has 2 aromatic rings. The van der Waals surface area contributed by atoms with Gasteiger partial charge in [0, 0.05) is 17.2 Å². The van der Waals surface area contributed by atoms with Crippen LogP contribution in [0, 0.1) is 17.3 Å². The molecule has 2 unspecified atom stereocenters. The molecule has 1 fully saturated rings. The number of fused-ring (bicyclic) bond motifs is 1. The van der Waals surface area contributed by atoms with Crippen LogP contribution in [0.1, 0.15) is 70.9 Å². The van der Waals surface area contributed by atoms with Gasteiger partial charge in [0.25, 0.3) is 0 Å². The van der Waals surface area contributed by atoms with E-state index in [9.17, 15) is 9.18 Å². The average molecular weight is 515 g/mol. The quantitative estimate of drug-likeness (QED) is 0.215. The molecular formula is C34H43FN2O. The summed E-state index contributed by atoms with van der Waals surface area (Å²) in [5, 5.41) is 5.20. The third-order valence-corrected chi connectivity index (χ3v) is 8.22. The lowest BCUT2D eigenvalue weighted by Crippen LogP contribution is -2.48. The van der Waals surface area contributed by atoms with Crippen molar-refractivity contribution in [1.82, 2.24) is 10.3 Å². The van der Waals surface area contributed by atoms with Crippen molar-refractivity contribution in [3.63, 3.8) is 0 Å². The van der Waals surface area contributed by atoms with Crippen LogP contribution < -0.4 is 5.32 Å². The van der Waals surface area contributed by atoms with Gasteiger partial charge in [-0.25, -0.2) is 4.39 Å². The molecule has 1 aliphatic rings. The summed E-state index contributed by atoms with van der Waals surface area (Å²) in [5.41, 5.74) is 4.68. The summed E-state index contributed by atoms with van der Waals surface area (Å²) in [6, 6.07) is 9.43. The second-order valence-corrected chi connectivity index (χ2v) is 11.1. The second-order valence-electron chi connectivity index (χ2n) is 11.1. The van der Waals surface area contributed by atoms with Gasteiger partial charge >= 0.3 is 0 Å². The van der Waals surface area contributed by atoms with Gasteiger partial charge in [0.15, 0.2) is 0 Å². The van der Waals surface area contributed by atoms with Crippen LogP contribution in [0.4, 0.5) is 4.39 Å². The number of carbonyl (C=O) groups is 1. The lowest BCUT2D eigenvalue weighted by atomic mass is 9.71. The fourth-order valence-electron chi connectivity index (χ4n) is 5.77. The summed E-state index contributed by atoms with van der Waals surface area (Å²) >= 11 is 0. The first-order chi connectivity index (χ1) is 18.2. The Morgan fingerprint density at radius 2 is 1.92 bits per heavy atom. The van der Waals surface area contributed by atoms with Crippen LogP contribution in [0.25, 0.3) is 16.3 Å². The molecule has 1 aromatic heterocycles. The molecule has 3 nitrogen and oxygen atoms in total. The normalized spacial score (nSPS) is 16.3.